The van der Waals surface area contributed by atoms with E-state index in [-0.39, 0.29) is 6.61 Å². The largest absolute Gasteiger partial charge is 0.392 e. The Morgan fingerprint density at radius 1 is 1.33 bits per heavy atom. The predicted molar refractivity (Wildman–Crippen MR) is 65.1 cm³/mol. The van der Waals surface area contributed by atoms with Gasteiger partial charge in [0, 0.05) is 30.7 Å². The number of halogens is 1. The maximum atomic E-state index is 9.02. The zero-order valence-electron chi connectivity index (χ0n) is 8.54. The third-order valence-corrected chi connectivity index (χ3v) is 3.29. The Labute approximate surface area is 98.2 Å². The van der Waals surface area contributed by atoms with E-state index in [2.05, 4.69) is 32.2 Å². The molecule has 1 aliphatic heterocycles. The number of piperazine rings is 1. The van der Waals surface area contributed by atoms with E-state index >= 15 is 0 Å². The average Bonchev–Trinajstić information content (AvgIpc) is 2.30. The van der Waals surface area contributed by atoms with E-state index in [0.29, 0.717) is 0 Å². The Morgan fingerprint density at radius 2 is 2.07 bits per heavy atom. The number of nitrogens with zero attached hydrogens (tertiary/aromatic N) is 1. The fraction of sp³-hybridized carbons (Fsp3) is 0.455. The van der Waals surface area contributed by atoms with Crippen LogP contribution in [-0.4, -0.2) is 31.3 Å². The first-order valence-electron chi connectivity index (χ1n) is 5.16. The maximum absolute atomic E-state index is 9.02. The van der Waals surface area contributed by atoms with Gasteiger partial charge in [-0.15, -0.1) is 0 Å². The van der Waals surface area contributed by atoms with E-state index in [4.69, 9.17) is 5.11 Å². The van der Waals surface area contributed by atoms with Crippen LogP contribution in [-0.2, 0) is 6.61 Å². The molecule has 3 nitrogen and oxygen atoms in total. The lowest BCUT2D eigenvalue weighted by Gasteiger charge is -2.30. The van der Waals surface area contributed by atoms with Crippen LogP contribution in [0.15, 0.2) is 22.7 Å². The summed E-state index contributed by atoms with van der Waals surface area (Å²) in [6, 6.07) is 6.03. The quantitative estimate of drug-likeness (QED) is 0.852. The maximum Gasteiger partial charge on any atom is 0.0682 e. The molecular weight excluding hydrogens is 256 g/mol. The van der Waals surface area contributed by atoms with Crippen molar-refractivity contribution in [3.8, 4) is 0 Å². The number of benzene rings is 1. The molecule has 0 amide bonds. The van der Waals surface area contributed by atoms with Gasteiger partial charge in [-0.2, -0.15) is 0 Å². The van der Waals surface area contributed by atoms with E-state index in [9.17, 15) is 0 Å². The van der Waals surface area contributed by atoms with Gasteiger partial charge in [0.1, 0.15) is 0 Å². The molecule has 0 aromatic heterocycles. The number of anilines is 1. The second-order valence-electron chi connectivity index (χ2n) is 3.68. The average molecular weight is 271 g/mol. The Morgan fingerprint density at radius 3 is 2.67 bits per heavy atom. The normalized spacial score (nSPS) is 16.8. The van der Waals surface area contributed by atoms with Crippen molar-refractivity contribution in [2.24, 2.45) is 0 Å². The molecule has 2 N–H and O–H groups in total. The first-order valence-corrected chi connectivity index (χ1v) is 5.95. The zero-order valence-corrected chi connectivity index (χ0v) is 10.1. The van der Waals surface area contributed by atoms with Crippen molar-refractivity contribution in [1.82, 2.24) is 5.32 Å². The van der Waals surface area contributed by atoms with Gasteiger partial charge in [0.15, 0.2) is 0 Å². The highest BCUT2D eigenvalue weighted by molar-refractivity contribution is 9.10. The van der Waals surface area contributed by atoms with E-state index in [1.54, 1.807) is 0 Å². The summed E-state index contributed by atoms with van der Waals surface area (Å²) in [7, 11) is 0. The molecule has 1 saturated heterocycles. The number of nitrogens with one attached hydrogen (secondary N) is 1. The van der Waals surface area contributed by atoms with Gasteiger partial charge in [-0.25, -0.2) is 0 Å². The van der Waals surface area contributed by atoms with Crippen molar-refractivity contribution >= 4 is 21.6 Å². The number of rotatable bonds is 2. The van der Waals surface area contributed by atoms with Crippen LogP contribution in [0, 0.1) is 0 Å². The summed E-state index contributed by atoms with van der Waals surface area (Å²) < 4.78 is 1.07. The van der Waals surface area contributed by atoms with Crippen LogP contribution >= 0.6 is 15.9 Å². The summed E-state index contributed by atoms with van der Waals surface area (Å²) in [6.45, 7) is 4.25. The fourth-order valence-electron chi connectivity index (χ4n) is 1.81. The first kappa shape index (κ1) is 10.9. The number of hydrogen-bond donors (Lipinski definition) is 2. The Kier molecular flexibility index (Phi) is 3.61. The van der Waals surface area contributed by atoms with Gasteiger partial charge in [-0.1, -0.05) is 6.07 Å². The van der Waals surface area contributed by atoms with E-state index in [1.807, 2.05) is 12.1 Å². The summed E-state index contributed by atoms with van der Waals surface area (Å²) >= 11 is 3.55. The fourth-order valence-corrected chi connectivity index (χ4v) is 2.49. The Bertz CT molecular complexity index is 337. The SMILES string of the molecule is OCc1ccc(N2CCNCC2)c(Br)c1. The third-order valence-electron chi connectivity index (χ3n) is 2.65. The molecule has 1 aromatic carbocycles. The topological polar surface area (TPSA) is 35.5 Å². The number of hydrogen-bond acceptors (Lipinski definition) is 3. The molecule has 0 bridgehead atoms. The van der Waals surface area contributed by atoms with Gasteiger partial charge < -0.3 is 15.3 Å². The molecule has 15 heavy (non-hydrogen) atoms. The molecule has 4 heteroatoms. The second kappa shape index (κ2) is 4.96. The molecule has 2 rings (SSSR count). The van der Waals surface area contributed by atoms with Crippen LogP contribution in [0.3, 0.4) is 0 Å². The van der Waals surface area contributed by atoms with E-state index in [0.717, 1.165) is 36.2 Å². The number of aliphatic hydroxyl groups excluding tert-OH is 1. The molecule has 1 fully saturated rings. The van der Waals surface area contributed by atoms with Crippen molar-refractivity contribution < 1.29 is 5.11 Å². The van der Waals surface area contributed by atoms with Crippen LogP contribution < -0.4 is 10.2 Å². The standard InChI is InChI=1S/C11H15BrN2O/c12-10-7-9(8-15)1-2-11(10)14-5-3-13-4-6-14/h1-2,7,13,15H,3-6,8H2. The van der Waals surface area contributed by atoms with Crippen LogP contribution in [0.5, 0.6) is 0 Å². The highest BCUT2D eigenvalue weighted by Crippen LogP contribution is 2.27. The van der Waals surface area contributed by atoms with Gasteiger partial charge in [-0.05, 0) is 33.6 Å². The smallest absolute Gasteiger partial charge is 0.0682 e. The van der Waals surface area contributed by atoms with Crippen molar-refractivity contribution in [3.05, 3.63) is 28.2 Å². The molecule has 0 spiro atoms. The second-order valence-corrected chi connectivity index (χ2v) is 4.54. The Balaban J connectivity index is 2.19. The summed E-state index contributed by atoms with van der Waals surface area (Å²) in [4.78, 5) is 2.35. The lowest BCUT2D eigenvalue weighted by atomic mass is 10.2. The molecule has 82 valence electrons. The van der Waals surface area contributed by atoms with Crippen LogP contribution in [0.1, 0.15) is 5.56 Å². The summed E-state index contributed by atoms with van der Waals surface area (Å²) in [5, 5.41) is 12.3. The van der Waals surface area contributed by atoms with E-state index in [1.165, 1.54) is 5.69 Å². The lowest BCUT2D eigenvalue weighted by molar-refractivity contribution is 0.282. The van der Waals surface area contributed by atoms with Crippen LogP contribution in [0.2, 0.25) is 0 Å². The molecule has 0 saturated carbocycles. The molecule has 0 radical (unpaired) electrons. The molecule has 1 aromatic rings. The zero-order chi connectivity index (χ0) is 10.7. The molecule has 0 atom stereocenters. The minimum atomic E-state index is 0.0977. The van der Waals surface area contributed by atoms with E-state index < -0.39 is 0 Å². The summed E-state index contributed by atoms with van der Waals surface area (Å²) in [5.41, 5.74) is 2.16. The summed E-state index contributed by atoms with van der Waals surface area (Å²) in [5.74, 6) is 0. The molecule has 1 aliphatic rings. The van der Waals surface area contributed by atoms with Crippen molar-refractivity contribution in [2.75, 3.05) is 31.1 Å². The predicted octanol–water partition coefficient (Wildman–Crippen LogP) is 1.35. The molecule has 1 heterocycles. The number of aliphatic hydroxyl groups is 1. The van der Waals surface area contributed by atoms with Gasteiger partial charge >= 0.3 is 0 Å². The van der Waals surface area contributed by atoms with Crippen molar-refractivity contribution in [3.63, 3.8) is 0 Å². The minimum absolute atomic E-state index is 0.0977. The first-order chi connectivity index (χ1) is 7.31. The minimum Gasteiger partial charge on any atom is -0.392 e. The molecule has 0 unspecified atom stereocenters. The van der Waals surface area contributed by atoms with Crippen molar-refractivity contribution in [1.29, 1.82) is 0 Å². The highest BCUT2D eigenvalue weighted by Gasteiger charge is 2.12. The van der Waals surface area contributed by atoms with Crippen LogP contribution in [0.25, 0.3) is 0 Å². The molecule has 0 aliphatic carbocycles. The van der Waals surface area contributed by atoms with Gasteiger partial charge in [0.2, 0.25) is 0 Å². The van der Waals surface area contributed by atoms with Gasteiger partial charge in [0.25, 0.3) is 0 Å². The highest BCUT2D eigenvalue weighted by atomic mass is 79.9. The van der Waals surface area contributed by atoms with Crippen molar-refractivity contribution in [2.45, 2.75) is 6.61 Å². The molecular formula is C11H15BrN2O. The third kappa shape index (κ3) is 2.51. The monoisotopic (exact) mass is 270 g/mol. The van der Waals surface area contributed by atoms with Crippen LogP contribution in [0.4, 0.5) is 5.69 Å². The van der Waals surface area contributed by atoms with Gasteiger partial charge in [0.05, 0.1) is 12.3 Å². The van der Waals surface area contributed by atoms with Gasteiger partial charge in [-0.3, -0.25) is 0 Å². The summed E-state index contributed by atoms with van der Waals surface area (Å²) in [6.07, 6.45) is 0. The lowest BCUT2D eigenvalue weighted by Crippen LogP contribution is -2.43. The Hall–Kier alpha value is -0.580.